The fraction of sp³-hybridized carbons (Fsp3) is 0.643. The zero-order valence-corrected chi connectivity index (χ0v) is 11.3. The van der Waals surface area contributed by atoms with Crippen molar-refractivity contribution in [2.24, 2.45) is 5.41 Å². The number of hydrogen-bond donors (Lipinski definition) is 1. The zero-order chi connectivity index (χ0) is 13.3. The summed E-state index contributed by atoms with van der Waals surface area (Å²) in [4.78, 5) is 11.5. The van der Waals surface area contributed by atoms with Gasteiger partial charge in [0.15, 0.2) is 0 Å². The van der Waals surface area contributed by atoms with Gasteiger partial charge < -0.3 is 14.4 Å². The van der Waals surface area contributed by atoms with Crippen LogP contribution in [-0.2, 0) is 22.5 Å². The van der Waals surface area contributed by atoms with Gasteiger partial charge in [-0.05, 0) is 31.2 Å². The highest BCUT2D eigenvalue weighted by molar-refractivity contribution is 5.69. The number of hydrogen-bond acceptors (Lipinski definition) is 3. The number of rotatable bonds is 3. The minimum atomic E-state index is -0.424. The van der Waals surface area contributed by atoms with E-state index in [0.29, 0.717) is 6.61 Å². The Hall–Kier alpha value is -1.29. The lowest BCUT2D eigenvalue weighted by Crippen LogP contribution is -2.27. The number of esters is 1. The standard InChI is InChI=1S/C14H21NO3/c1-4-18-13(17)9-15-6-5-10-11(15)7-14(2,3)8-12(10)16/h5-6,12,16H,4,7-9H2,1-3H3. The van der Waals surface area contributed by atoms with Crippen LogP contribution in [0.2, 0.25) is 0 Å². The number of nitrogens with zero attached hydrogens (tertiary/aromatic N) is 1. The van der Waals surface area contributed by atoms with Gasteiger partial charge in [-0.25, -0.2) is 0 Å². The molecule has 0 saturated heterocycles. The van der Waals surface area contributed by atoms with Gasteiger partial charge in [-0.1, -0.05) is 13.8 Å². The topological polar surface area (TPSA) is 51.5 Å². The minimum Gasteiger partial charge on any atom is -0.465 e. The van der Waals surface area contributed by atoms with Crippen molar-refractivity contribution >= 4 is 5.97 Å². The van der Waals surface area contributed by atoms with Crippen molar-refractivity contribution in [3.8, 4) is 0 Å². The molecule has 0 aliphatic heterocycles. The van der Waals surface area contributed by atoms with Gasteiger partial charge >= 0.3 is 5.97 Å². The molecule has 0 amide bonds. The monoisotopic (exact) mass is 251 g/mol. The summed E-state index contributed by atoms with van der Waals surface area (Å²) in [6, 6.07) is 1.91. The average Bonchev–Trinajstić information content (AvgIpc) is 2.60. The predicted octanol–water partition coefficient (Wildman–Crippen LogP) is 2.06. The molecule has 1 aliphatic rings. The number of aliphatic hydroxyl groups is 1. The highest BCUT2D eigenvalue weighted by Crippen LogP contribution is 2.40. The smallest absolute Gasteiger partial charge is 0.325 e. The van der Waals surface area contributed by atoms with Gasteiger partial charge in [-0.15, -0.1) is 0 Å². The van der Waals surface area contributed by atoms with E-state index >= 15 is 0 Å². The number of carbonyl (C=O) groups is 1. The highest BCUT2D eigenvalue weighted by Gasteiger charge is 2.33. The van der Waals surface area contributed by atoms with Crippen LogP contribution in [0.1, 0.15) is 44.6 Å². The van der Waals surface area contributed by atoms with Crippen LogP contribution >= 0.6 is 0 Å². The molecule has 1 aliphatic carbocycles. The molecule has 0 aromatic carbocycles. The summed E-state index contributed by atoms with van der Waals surface area (Å²) in [5, 5.41) is 10.1. The maximum absolute atomic E-state index is 11.5. The Morgan fingerprint density at radius 1 is 1.61 bits per heavy atom. The van der Waals surface area contributed by atoms with Gasteiger partial charge in [0.1, 0.15) is 6.54 Å². The number of carbonyl (C=O) groups excluding carboxylic acids is 1. The van der Waals surface area contributed by atoms with Crippen molar-refractivity contribution in [3.63, 3.8) is 0 Å². The van der Waals surface area contributed by atoms with Crippen LogP contribution in [-0.4, -0.2) is 22.2 Å². The quantitative estimate of drug-likeness (QED) is 0.837. The molecule has 1 aromatic heterocycles. The molecule has 4 nitrogen and oxygen atoms in total. The third-order valence-electron chi connectivity index (χ3n) is 3.47. The number of ether oxygens (including phenoxy) is 1. The highest BCUT2D eigenvalue weighted by atomic mass is 16.5. The SMILES string of the molecule is CCOC(=O)Cn1ccc2c1CC(C)(C)CC2O. The van der Waals surface area contributed by atoms with E-state index in [1.54, 1.807) is 6.92 Å². The maximum Gasteiger partial charge on any atom is 0.325 e. The Labute approximate surface area is 108 Å². The van der Waals surface area contributed by atoms with Gasteiger partial charge in [0.05, 0.1) is 12.7 Å². The molecule has 1 N–H and O–H groups in total. The van der Waals surface area contributed by atoms with Crippen LogP contribution in [0.5, 0.6) is 0 Å². The normalized spacial score (nSPS) is 21.4. The van der Waals surface area contributed by atoms with Gasteiger partial charge in [0.2, 0.25) is 0 Å². The van der Waals surface area contributed by atoms with Gasteiger partial charge in [0.25, 0.3) is 0 Å². The fourth-order valence-corrected chi connectivity index (χ4v) is 2.68. The molecule has 1 heterocycles. The molecule has 0 fully saturated rings. The first-order chi connectivity index (χ1) is 8.43. The summed E-state index contributed by atoms with van der Waals surface area (Å²) in [5.74, 6) is -0.228. The Kier molecular flexibility index (Phi) is 3.48. The molecule has 100 valence electrons. The predicted molar refractivity (Wildman–Crippen MR) is 68.1 cm³/mol. The molecular weight excluding hydrogens is 230 g/mol. The molecule has 0 spiro atoms. The average molecular weight is 251 g/mol. The lowest BCUT2D eigenvalue weighted by Gasteiger charge is -2.33. The summed E-state index contributed by atoms with van der Waals surface area (Å²) < 4.78 is 6.86. The minimum absolute atomic E-state index is 0.0666. The summed E-state index contributed by atoms with van der Waals surface area (Å²) >= 11 is 0. The van der Waals surface area contributed by atoms with E-state index in [-0.39, 0.29) is 17.9 Å². The molecule has 1 atom stereocenters. The largest absolute Gasteiger partial charge is 0.465 e. The Morgan fingerprint density at radius 2 is 2.33 bits per heavy atom. The van der Waals surface area contributed by atoms with E-state index in [1.807, 2.05) is 16.8 Å². The summed E-state index contributed by atoms with van der Waals surface area (Å²) in [6.45, 7) is 6.71. The van der Waals surface area contributed by atoms with E-state index in [4.69, 9.17) is 4.74 Å². The van der Waals surface area contributed by atoms with Crippen LogP contribution in [0.4, 0.5) is 0 Å². The Morgan fingerprint density at radius 3 is 3.00 bits per heavy atom. The number of aromatic nitrogens is 1. The van der Waals surface area contributed by atoms with Crippen molar-refractivity contribution in [3.05, 3.63) is 23.5 Å². The van der Waals surface area contributed by atoms with Crippen molar-refractivity contribution in [1.82, 2.24) is 4.57 Å². The summed E-state index contributed by atoms with van der Waals surface area (Å²) in [5.41, 5.74) is 2.09. The Balaban J connectivity index is 2.23. The second-order valence-electron chi connectivity index (χ2n) is 5.71. The molecule has 1 aromatic rings. The summed E-state index contributed by atoms with van der Waals surface area (Å²) in [6.07, 6.45) is 3.09. The molecular formula is C14H21NO3. The molecule has 0 saturated carbocycles. The first-order valence-corrected chi connectivity index (χ1v) is 6.44. The van der Waals surface area contributed by atoms with Crippen LogP contribution < -0.4 is 0 Å². The fourth-order valence-electron chi connectivity index (χ4n) is 2.68. The van der Waals surface area contributed by atoms with E-state index in [0.717, 1.165) is 24.1 Å². The van der Waals surface area contributed by atoms with Crippen molar-refractivity contribution < 1.29 is 14.6 Å². The molecule has 4 heteroatoms. The third kappa shape index (κ3) is 2.58. The first-order valence-electron chi connectivity index (χ1n) is 6.44. The number of fused-ring (bicyclic) bond motifs is 1. The zero-order valence-electron chi connectivity index (χ0n) is 11.3. The molecule has 0 radical (unpaired) electrons. The molecule has 2 rings (SSSR count). The lowest BCUT2D eigenvalue weighted by molar-refractivity contribution is -0.143. The van der Waals surface area contributed by atoms with Crippen molar-refractivity contribution in [2.75, 3.05) is 6.61 Å². The van der Waals surface area contributed by atoms with Crippen LogP contribution in [0.3, 0.4) is 0 Å². The van der Waals surface area contributed by atoms with Gasteiger partial charge in [-0.2, -0.15) is 0 Å². The molecule has 1 unspecified atom stereocenters. The Bertz CT molecular complexity index is 448. The second kappa shape index (κ2) is 4.76. The van der Waals surface area contributed by atoms with Gasteiger partial charge in [0, 0.05) is 17.5 Å². The van der Waals surface area contributed by atoms with E-state index < -0.39 is 6.10 Å². The van der Waals surface area contributed by atoms with Crippen LogP contribution in [0.25, 0.3) is 0 Å². The van der Waals surface area contributed by atoms with Gasteiger partial charge in [-0.3, -0.25) is 4.79 Å². The van der Waals surface area contributed by atoms with Crippen LogP contribution in [0, 0.1) is 5.41 Å². The summed E-state index contributed by atoms with van der Waals surface area (Å²) in [7, 11) is 0. The second-order valence-corrected chi connectivity index (χ2v) is 5.71. The molecule has 18 heavy (non-hydrogen) atoms. The number of aliphatic hydroxyl groups excluding tert-OH is 1. The lowest BCUT2D eigenvalue weighted by atomic mass is 9.75. The van der Waals surface area contributed by atoms with E-state index in [9.17, 15) is 9.90 Å². The maximum atomic E-state index is 11.5. The van der Waals surface area contributed by atoms with E-state index in [1.165, 1.54) is 0 Å². The van der Waals surface area contributed by atoms with Crippen LogP contribution in [0.15, 0.2) is 12.3 Å². The van der Waals surface area contributed by atoms with Crippen molar-refractivity contribution in [1.29, 1.82) is 0 Å². The molecule has 0 bridgehead atoms. The van der Waals surface area contributed by atoms with E-state index in [2.05, 4.69) is 13.8 Å². The third-order valence-corrected chi connectivity index (χ3v) is 3.47. The van der Waals surface area contributed by atoms with Crippen molar-refractivity contribution in [2.45, 2.75) is 46.3 Å². The first kappa shape index (κ1) is 13.1.